The summed E-state index contributed by atoms with van der Waals surface area (Å²) in [6.07, 6.45) is 5.67. The molecule has 0 bridgehead atoms. The van der Waals surface area contributed by atoms with Gasteiger partial charge in [-0.2, -0.15) is 0 Å². The second-order valence-corrected chi connectivity index (χ2v) is 6.31. The highest BCUT2D eigenvalue weighted by Gasteiger charge is 2.23. The summed E-state index contributed by atoms with van der Waals surface area (Å²) in [6.45, 7) is 7.73. The lowest BCUT2D eigenvalue weighted by Gasteiger charge is -2.16. The van der Waals surface area contributed by atoms with Gasteiger partial charge in [-0.3, -0.25) is 0 Å². The molecule has 0 aromatic carbocycles. The first kappa shape index (κ1) is 12.1. The number of hydrogen-bond donors (Lipinski definition) is 1. The second kappa shape index (κ2) is 5.33. The van der Waals surface area contributed by atoms with E-state index in [0.29, 0.717) is 6.04 Å². The fourth-order valence-corrected chi connectivity index (χ4v) is 3.33. The van der Waals surface area contributed by atoms with Gasteiger partial charge in [0.25, 0.3) is 0 Å². The Hall–Kier alpha value is -0.340. The SMILES string of the molecule is CCNC(CCC1CC1)c1cc(C)c(C)s1. The number of aryl methyl sites for hydroxylation is 2. The lowest BCUT2D eigenvalue weighted by molar-refractivity contribution is 0.488. The summed E-state index contributed by atoms with van der Waals surface area (Å²) in [4.78, 5) is 3.02. The maximum Gasteiger partial charge on any atom is 0.0415 e. The molecule has 1 aliphatic carbocycles. The van der Waals surface area contributed by atoms with Gasteiger partial charge in [-0.25, -0.2) is 0 Å². The minimum absolute atomic E-state index is 0.600. The molecule has 0 radical (unpaired) electrons. The third-order valence-electron chi connectivity index (χ3n) is 3.54. The van der Waals surface area contributed by atoms with E-state index in [1.54, 1.807) is 0 Å². The van der Waals surface area contributed by atoms with E-state index in [4.69, 9.17) is 0 Å². The van der Waals surface area contributed by atoms with E-state index < -0.39 is 0 Å². The smallest absolute Gasteiger partial charge is 0.0415 e. The largest absolute Gasteiger partial charge is 0.310 e. The summed E-state index contributed by atoms with van der Waals surface area (Å²) < 4.78 is 0. The third kappa shape index (κ3) is 3.08. The van der Waals surface area contributed by atoms with Crippen LogP contribution in [0.1, 0.15) is 54.0 Å². The van der Waals surface area contributed by atoms with Crippen molar-refractivity contribution in [1.29, 1.82) is 0 Å². The molecule has 2 rings (SSSR count). The lowest BCUT2D eigenvalue weighted by Crippen LogP contribution is -2.20. The van der Waals surface area contributed by atoms with Gasteiger partial charge in [-0.05, 0) is 50.8 Å². The predicted octanol–water partition coefficient (Wildman–Crippen LogP) is 4.21. The zero-order valence-corrected chi connectivity index (χ0v) is 11.5. The summed E-state index contributed by atoms with van der Waals surface area (Å²) in [5, 5.41) is 3.63. The molecule has 1 saturated carbocycles. The van der Waals surface area contributed by atoms with E-state index in [1.165, 1.54) is 41.0 Å². The molecule has 1 heterocycles. The van der Waals surface area contributed by atoms with Crippen LogP contribution < -0.4 is 5.32 Å². The summed E-state index contributed by atoms with van der Waals surface area (Å²) in [5.74, 6) is 1.04. The van der Waals surface area contributed by atoms with Crippen molar-refractivity contribution in [2.24, 2.45) is 5.92 Å². The Morgan fingerprint density at radius 1 is 1.44 bits per heavy atom. The minimum atomic E-state index is 0.600. The lowest BCUT2D eigenvalue weighted by atomic mass is 10.1. The van der Waals surface area contributed by atoms with E-state index >= 15 is 0 Å². The standard InChI is InChI=1S/C14H23NS/c1-4-15-13(8-7-12-5-6-12)14-9-10(2)11(3)16-14/h9,12-13,15H,4-8H2,1-3H3. The molecule has 1 aromatic rings. The summed E-state index contributed by atoms with van der Waals surface area (Å²) in [7, 11) is 0. The summed E-state index contributed by atoms with van der Waals surface area (Å²) in [6, 6.07) is 2.98. The Morgan fingerprint density at radius 2 is 2.19 bits per heavy atom. The molecule has 16 heavy (non-hydrogen) atoms. The minimum Gasteiger partial charge on any atom is -0.310 e. The van der Waals surface area contributed by atoms with Gasteiger partial charge < -0.3 is 5.32 Å². The maximum atomic E-state index is 3.63. The number of hydrogen-bond acceptors (Lipinski definition) is 2. The Kier molecular flexibility index (Phi) is 4.04. The fraction of sp³-hybridized carbons (Fsp3) is 0.714. The molecule has 0 aliphatic heterocycles. The van der Waals surface area contributed by atoms with Crippen LogP contribution in [-0.4, -0.2) is 6.54 Å². The molecule has 0 spiro atoms. The van der Waals surface area contributed by atoms with Crippen LogP contribution >= 0.6 is 11.3 Å². The first-order valence-corrected chi connectivity index (χ1v) is 7.32. The maximum absolute atomic E-state index is 3.63. The average molecular weight is 237 g/mol. The van der Waals surface area contributed by atoms with E-state index in [-0.39, 0.29) is 0 Å². The molecule has 90 valence electrons. The normalized spacial score (nSPS) is 17.7. The summed E-state index contributed by atoms with van der Waals surface area (Å²) >= 11 is 1.97. The van der Waals surface area contributed by atoms with Crippen LogP contribution in [0.15, 0.2) is 6.07 Å². The number of rotatable bonds is 6. The van der Waals surface area contributed by atoms with Crippen LogP contribution in [0.3, 0.4) is 0 Å². The highest BCUT2D eigenvalue weighted by atomic mass is 32.1. The van der Waals surface area contributed by atoms with Crippen molar-refractivity contribution in [3.8, 4) is 0 Å². The highest BCUT2D eigenvalue weighted by Crippen LogP contribution is 2.37. The molecule has 0 amide bonds. The monoisotopic (exact) mass is 237 g/mol. The van der Waals surface area contributed by atoms with Crippen molar-refractivity contribution < 1.29 is 0 Å². The van der Waals surface area contributed by atoms with Gasteiger partial charge in [0.1, 0.15) is 0 Å². The van der Waals surface area contributed by atoms with E-state index in [1.807, 2.05) is 11.3 Å². The molecule has 1 fully saturated rings. The summed E-state index contributed by atoms with van der Waals surface area (Å²) in [5.41, 5.74) is 1.45. The average Bonchev–Trinajstić information content (AvgIpc) is 3.01. The zero-order valence-electron chi connectivity index (χ0n) is 10.7. The Bertz CT molecular complexity index is 319. The molecule has 0 saturated heterocycles. The van der Waals surface area contributed by atoms with Crippen LogP contribution in [0.2, 0.25) is 0 Å². The molecule has 1 nitrogen and oxygen atoms in total. The quantitative estimate of drug-likeness (QED) is 0.781. The van der Waals surface area contributed by atoms with Crippen LogP contribution in [0.25, 0.3) is 0 Å². The van der Waals surface area contributed by atoms with Crippen molar-refractivity contribution in [2.75, 3.05) is 6.54 Å². The van der Waals surface area contributed by atoms with Crippen LogP contribution in [0, 0.1) is 19.8 Å². The second-order valence-electron chi connectivity index (χ2n) is 5.02. The molecule has 1 aliphatic rings. The van der Waals surface area contributed by atoms with Crippen LogP contribution in [-0.2, 0) is 0 Å². The van der Waals surface area contributed by atoms with Gasteiger partial charge in [0, 0.05) is 15.8 Å². The van der Waals surface area contributed by atoms with Crippen molar-refractivity contribution >= 4 is 11.3 Å². The van der Waals surface area contributed by atoms with Crippen molar-refractivity contribution in [1.82, 2.24) is 5.32 Å². The van der Waals surface area contributed by atoms with Crippen molar-refractivity contribution in [3.63, 3.8) is 0 Å². The van der Waals surface area contributed by atoms with Gasteiger partial charge >= 0.3 is 0 Å². The molecule has 1 N–H and O–H groups in total. The Balaban J connectivity index is 1.98. The van der Waals surface area contributed by atoms with Gasteiger partial charge in [0.05, 0.1) is 0 Å². The first-order valence-electron chi connectivity index (χ1n) is 6.51. The van der Waals surface area contributed by atoms with Gasteiger partial charge in [-0.1, -0.05) is 19.8 Å². The molecular formula is C14H23NS. The van der Waals surface area contributed by atoms with E-state index in [0.717, 1.165) is 12.5 Å². The topological polar surface area (TPSA) is 12.0 Å². The molecular weight excluding hydrogens is 214 g/mol. The van der Waals surface area contributed by atoms with Gasteiger partial charge in [-0.15, -0.1) is 11.3 Å². The van der Waals surface area contributed by atoms with E-state index in [2.05, 4.69) is 32.2 Å². The highest BCUT2D eigenvalue weighted by molar-refractivity contribution is 7.12. The van der Waals surface area contributed by atoms with Crippen LogP contribution in [0.4, 0.5) is 0 Å². The van der Waals surface area contributed by atoms with Gasteiger partial charge in [0.2, 0.25) is 0 Å². The third-order valence-corrected chi connectivity index (χ3v) is 4.81. The first-order chi connectivity index (χ1) is 7.70. The molecule has 1 unspecified atom stereocenters. The fourth-order valence-electron chi connectivity index (χ4n) is 2.17. The van der Waals surface area contributed by atoms with Crippen LogP contribution in [0.5, 0.6) is 0 Å². The van der Waals surface area contributed by atoms with Crippen molar-refractivity contribution in [2.45, 2.75) is 52.5 Å². The van der Waals surface area contributed by atoms with Crippen molar-refractivity contribution in [3.05, 3.63) is 21.4 Å². The molecule has 1 aromatic heterocycles. The molecule has 2 heteroatoms. The van der Waals surface area contributed by atoms with Gasteiger partial charge in [0.15, 0.2) is 0 Å². The van der Waals surface area contributed by atoms with E-state index in [9.17, 15) is 0 Å². The molecule has 1 atom stereocenters. The number of thiophene rings is 1. The Morgan fingerprint density at radius 3 is 2.69 bits per heavy atom. The predicted molar refractivity (Wildman–Crippen MR) is 72.2 cm³/mol. The zero-order chi connectivity index (χ0) is 11.5. The number of nitrogens with one attached hydrogen (secondary N) is 1. The Labute approximate surface area is 103 Å².